The molecule has 0 saturated carbocycles. The van der Waals surface area contributed by atoms with Gasteiger partial charge in [-0.3, -0.25) is 15.0 Å². The van der Waals surface area contributed by atoms with Crippen LogP contribution in [0.25, 0.3) is 0 Å². The van der Waals surface area contributed by atoms with Gasteiger partial charge >= 0.3 is 6.09 Å². The van der Waals surface area contributed by atoms with E-state index in [-0.39, 0.29) is 11.9 Å². The van der Waals surface area contributed by atoms with Crippen molar-refractivity contribution in [2.75, 3.05) is 38.2 Å². The number of nitrogens with one attached hydrogen (secondary N) is 2. The zero-order chi connectivity index (χ0) is 23.1. The number of rotatable bonds is 6. The molecular formula is C25H33N3O4. The lowest BCUT2D eigenvalue weighted by atomic mass is 10.0. The Kier molecular flexibility index (Phi) is 7.88. The molecule has 0 aliphatic carbocycles. The molecule has 3 rings (SSSR count). The molecule has 32 heavy (non-hydrogen) atoms. The Hall–Kier alpha value is -2.90. The first-order chi connectivity index (χ1) is 15.2. The van der Waals surface area contributed by atoms with E-state index in [1.165, 1.54) is 5.56 Å². The third-order valence-corrected chi connectivity index (χ3v) is 5.12. The average molecular weight is 440 g/mol. The Morgan fingerprint density at radius 3 is 2.25 bits per heavy atom. The van der Waals surface area contributed by atoms with Crippen LogP contribution in [0.3, 0.4) is 0 Å². The van der Waals surface area contributed by atoms with E-state index in [0.717, 1.165) is 25.2 Å². The zero-order valence-corrected chi connectivity index (χ0v) is 19.3. The molecule has 2 N–H and O–H groups in total. The van der Waals surface area contributed by atoms with Crippen molar-refractivity contribution in [3.05, 3.63) is 65.2 Å². The van der Waals surface area contributed by atoms with Gasteiger partial charge in [0, 0.05) is 30.9 Å². The van der Waals surface area contributed by atoms with Gasteiger partial charge in [-0.15, -0.1) is 0 Å². The van der Waals surface area contributed by atoms with Gasteiger partial charge in [-0.1, -0.05) is 29.8 Å². The second-order valence-electron chi connectivity index (χ2n) is 9.05. The highest BCUT2D eigenvalue weighted by Gasteiger charge is 2.21. The van der Waals surface area contributed by atoms with Crippen molar-refractivity contribution in [3.63, 3.8) is 0 Å². The molecule has 1 aliphatic heterocycles. The summed E-state index contributed by atoms with van der Waals surface area (Å²) < 4.78 is 10.7. The summed E-state index contributed by atoms with van der Waals surface area (Å²) in [5.74, 6) is -0.160. The molecule has 7 nitrogen and oxygen atoms in total. The van der Waals surface area contributed by atoms with Crippen molar-refractivity contribution < 1.29 is 19.1 Å². The van der Waals surface area contributed by atoms with Gasteiger partial charge in [0.1, 0.15) is 5.60 Å². The molecule has 2 amide bonds. The molecule has 2 aromatic rings. The van der Waals surface area contributed by atoms with E-state index in [1.54, 1.807) is 45.0 Å². The van der Waals surface area contributed by atoms with Crippen LogP contribution in [0, 0.1) is 6.92 Å². The van der Waals surface area contributed by atoms with Crippen molar-refractivity contribution in [2.24, 2.45) is 0 Å². The molecular weight excluding hydrogens is 406 g/mol. The van der Waals surface area contributed by atoms with Crippen LogP contribution < -0.4 is 10.6 Å². The van der Waals surface area contributed by atoms with Crippen molar-refractivity contribution in [1.82, 2.24) is 10.2 Å². The normalized spacial score (nSPS) is 15.6. The summed E-state index contributed by atoms with van der Waals surface area (Å²) in [6, 6.07) is 14.9. The monoisotopic (exact) mass is 439 g/mol. The van der Waals surface area contributed by atoms with Crippen LogP contribution >= 0.6 is 0 Å². The summed E-state index contributed by atoms with van der Waals surface area (Å²) >= 11 is 0. The first-order valence-electron chi connectivity index (χ1n) is 11.0. The number of amides is 2. The van der Waals surface area contributed by atoms with Crippen LogP contribution in [0.2, 0.25) is 0 Å². The Morgan fingerprint density at radius 2 is 1.66 bits per heavy atom. The summed E-state index contributed by atoms with van der Waals surface area (Å²) in [6.45, 7) is 11.3. The van der Waals surface area contributed by atoms with E-state index in [4.69, 9.17) is 9.47 Å². The molecule has 7 heteroatoms. The smallest absolute Gasteiger partial charge is 0.412 e. The van der Waals surface area contributed by atoms with Crippen LogP contribution in [0.5, 0.6) is 0 Å². The van der Waals surface area contributed by atoms with Gasteiger partial charge in [-0.25, -0.2) is 4.79 Å². The minimum Gasteiger partial charge on any atom is -0.444 e. The second kappa shape index (κ2) is 10.6. The molecule has 1 fully saturated rings. The van der Waals surface area contributed by atoms with Crippen molar-refractivity contribution in [3.8, 4) is 0 Å². The van der Waals surface area contributed by atoms with Gasteiger partial charge in [-0.05, 0) is 57.5 Å². The van der Waals surface area contributed by atoms with Gasteiger partial charge in [-0.2, -0.15) is 0 Å². The molecule has 2 aromatic carbocycles. The molecule has 0 bridgehead atoms. The van der Waals surface area contributed by atoms with E-state index in [2.05, 4.69) is 39.8 Å². The van der Waals surface area contributed by atoms with Crippen LogP contribution in [-0.2, 0) is 9.47 Å². The second-order valence-corrected chi connectivity index (χ2v) is 9.05. The predicted octanol–water partition coefficient (Wildman–Crippen LogP) is 4.15. The number of carbonyl (C=O) groups is 2. The van der Waals surface area contributed by atoms with E-state index in [0.29, 0.717) is 24.5 Å². The number of hydrogen-bond donors (Lipinski definition) is 2. The van der Waals surface area contributed by atoms with Gasteiger partial charge in [0.25, 0.3) is 5.91 Å². The number of morpholine rings is 1. The lowest BCUT2D eigenvalue weighted by Crippen LogP contribution is -2.43. The quantitative estimate of drug-likeness (QED) is 0.707. The third kappa shape index (κ3) is 7.35. The highest BCUT2D eigenvalue weighted by Crippen LogP contribution is 2.18. The van der Waals surface area contributed by atoms with Gasteiger partial charge in [0.05, 0.1) is 19.3 Å². The summed E-state index contributed by atoms with van der Waals surface area (Å²) in [5, 5.41) is 5.85. The molecule has 1 saturated heterocycles. The Labute approximate surface area is 190 Å². The first-order valence-corrected chi connectivity index (χ1v) is 11.0. The standard InChI is InChI=1S/C25H33N3O4/c1-18-5-7-19(8-6-18)22(17-28-13-15-31-16-14-28)27-23(29)20-9-11-21(12-10-20)26-24(30)32-25(2,3)4/h5-12,22H,13-17H2,1-4H3,(H,26,30)(H,27,29)/t22-/m0/s1. The number of nitrogens with zero attached hydrogens (tertiary/aromatic N) is 1. The summed E-state index contributed by atoms with van der Waals surface area (Å²) in [5.41, 5.74) is 2.77. The largest absolute Gasteiger partial charge is 0.444 e. The molecule has 1 heterocycles. The van der Waals surface area contributed by atoms with Gasteiger partial charge in [0.2, 0.25) is 0 Å². The minimum absolute atomic E-state index is 0.138. The zero-order valence-electron chi connectivity index (χ0n) is 19.3. The average Bonchev–Trinajstić information content (AvgIpc) is 2.73. The highest BCUT2D eigenvalue weighted by molar-refractivity contribution is 5.95. The SMILES string of the molecule is Cc1ccc([C@H](CN2CCOCC2)NC(=O)c2ccc(NC(=O)OC(C)(C)C)cc2)cc1. The highest BCUT2D eigenvalue weighted by atomic mass is 16.6. The molecule has 0 radical (unpaired) electrons. The summed E-state index contributed by atoms with van der Waals surface area (Å²) in [7, 11) is 0. The van der Waals surface area contributed by atoms with Crippen LogP contribution in [0.15, 0.2) is 48.5 Å². The van der Waals surface area contributed by atoms with Crippen molar-refractivity contribution in [1.29, 1.82) is 0 Å². The molecule has 1 aliphatic rings. The van der Waals surface area contributed by atoms with E-state index >= 15 is 0 Å². The third-order valence-electron chi connectivity index (χ3n) is 5.12. The first kappa shape index (κ1) is 23.8. The maximum absolute atomic E-state index is 13.0. The van der Waals surface area contributed by atoms with E-state index < -0.39 is 11.7 Å². The number of hydrogen-bond acceptors (Lipinski definition) is 5. The number of anilines is 1. The fourth-order valence-corrected chi connectivity index (χ4v) is 3.44. The molecule has 0 spiro atoms. The number of carbonyl (C=O) groups excluding carboxylic acids is 2. The number of ether oxygens (including phenoxy) is 2. The lowest BCUT2D eigenvalue weighted by molar-refractivity contribution is 0.0332. The predicted molar refractivity (Wildman–Crippen MR) is 125 cm³/mol. The van der Waals surface area contributed by atoms with Crippen LogP contribution in [-0.4, -0.2) is 55.3 Å². The Bertz CT molecular complexity index is 898. The lowest BCUT2D eigenvalue weighted by Gasteiger charge is -2.31. The Morgan fingerprint density at radius 1 is 1.03 bits per heavy atom. The maximum Gasteiger partial charge on any atom is 0.412 e. The summed E-state index contributed by atoms with van der Waals surface area (Å²) in [6.07, 6.45) is -0.528. The van der Waals surface area contributed by atoms with Crippen molar-refractivity contribution in [2.45, 2.75) is 39.3 Å². The topological polar surface area (TPSA) is 79.9 Å². The minimum atomic E-state index is -0.574. The van der Waals surface area contributed by atoms with Crippen LogP contribution in [0.4, 0.5) is 10.5 Å². The maximum atomic E-state index is 13.0. The molecule has 0 aromatic heterocycles. The Balaban J connectivity index is 1.66. The number of aryl methyl sites for hydroxylation is 1. The van der Waals surface area contributed by atoms with Gasteiger partial charge in [0.15, 0.2) is 0 Å². The number of benzene rings is 2. The fourth-order valence-electron chi connectivity index (χ4n) is 3.44. The molecule has 0 unspecified atom stereocenters. The van der Waals surface area contributed by atoms with E-state index in [9.17, 15) is 9.59 Å². The van der Waals surface area contributed by atoms with Crippen LogP contribution in [0.1, 0.15) is 48.3 Å². The fraction of sp³-hybridized carbons (Fsp3) is 0.440. The summed E-state index contributed by atoms with van der Waals surface area (Å²) in [4.78, 5) is 27.2. The van der Waals surface area contributed by atoms with Crippen molar-refractivity contribution >= 4 is 17.7 Å². The van der Waals surface area contributed by atoms with Gasteiger partial charge < -0.3 is 14.8 Å². The molecule has 1 atom stereocenters. The van der Waals surface area contributed by atoms with E-state index in [1.807, 2.05) is 6.92 Å². The molecule has 172 valence electrons.